The second-order valence-electron chi connectivity index (χ2n) is 7.69. The molecule has 6 heteroatoms. The molecule has 0 aliphatic carbocycles. The first-order valence-corrected chi connectivity index (χ1v) is 9.92. The monoisotopic (exact) mass is 392 g/mol. The number of hydrogen-bond donors (Lipinski definition) is 1. The van der Waals surface area contributed by atoms with Crippen LogP contribution in [0.4, 0.5) is 0 Å². The highest BCUT2D eigenvalue weighted by Gasteiger charge is 2.33. The first kappa shape index (κ1) is 19.2. The molecule has 2 aromatic carbocycles. The lowest BCUT2D eigenvalue weighted by Crippen LogP contribution is -2.43. The molecule has 0 saturated heterocycles. The second-order valence-corrected chi connectivity index (χ2v) is 7.69. The van der Waals surface area contributed by atoms with Crippen LogP contribution in [0.5, 0.6) is 0 Å². The Kier molecular flexibility index (Phi) is 5.09. The summed E-state index contributed by atoms with van der Waals surface area (Å²) in [6, 6.07) is 13.0. The van der Waals surface area contributed by atoms with Crippen molar-refractivity contribution in [2.24, 2.45) is 0 Å². The van der Waals surface area contributed by atoms with Crippen molar-refractivity contribution in [2.45, 2.75) is 38.8 Å². The van der Waals surface area contributed by atoms with Gasteiger partial charge < -0.3 is 14.9 Å². The fourth-order valence-electron chi connectivity index (χ4n) is 4.54. The second kappa shape index (κ2) is 7.70. The van der Waals surface area contributed by atoms with Gasteiger partial charge in [-0.15, -0.1) is 0 Å². The molecule has 0 aromatic heterocycles. The molecule has 2 aromatic rings. The zero-order valence-electron chi connectivity index (χ0n) is 16.4. The van der Waals surface area contributed by atoms with Crippen molar-refractivity contribution < 1.29 is 19.5 Å². The van der Waals surface area contributed by atoms with E-state index in [9.17, 15) is 19.5 Å². The molecule has 150 valence electrons. The highest BCUT2D eigenvalue weighted by Crippen LogP contribution is 2.33. The first-order valence-electron chi connectivity index (χ1n) is 9.92. The molecule has 0 bridgehead atoms. The molecule has 29 heavy (non-hydrogen) atoms. The molecule has 1 unspecified atom stereocenters. The van der Waals surface area contributed by atoms with Gasteiger partial charge in [-0.1, -0.05) is 36.4 Å². The molecule has 2 heterocycles. The van der Waals surface area contributed by atoms with Crippen molar-refractivity contribution >= 4 is 17.8 Å². The molecule has 0 spiro atoms. The van der Waals surface area contributed by atoms with Crippen LogP contribution < -0.4 is 0 Å². The third-order valence-corrected chi connectivity index (χ3v) is 6.04. The minimum absolute atomic E-state index is 0.0329. The Balaban J connectivity index is 1.58. The third-order valence-electron chi connectivity index (χ3n) is 6.04. The molecule has 2 amide bonds. The van der Waals surface area contributed by atoms with E-state index < -0.39 is 5.97 Å². The van der Waals surface area contributed by atoms with Gasteiger partial charge in [0, 0.05) is 26.6 Å². The summed E-state index contributed by atoms with van der Waals surface area (Å²) in [5.41, 5.74) is 4.17. The predicted molar refractivity (Wildman–Crippen MR) is 107 cm³/mol. The Morgan fingerprint density at radius 3 is 2.48 bits per heavy atom. The largest absolute Gasteiger partial charge is 0.478 e. The van der Waals surface area contributed by atoms with Crippen LogP contribution >= 0.6 is 0 Å². The van der Waals surface area contributed by atoms with Crippen molar-refractivity contribution in [1.29, 1.82) is 0 Å². The van der Waals surface area contributed by atoms with Gasteiger partial charge in [0.1, 0.15) is 0 Å². The third kappa shape index (κ3) is 3.62. The summed E-state index contributed by atoms with van der Waals surface area (Å²) in [5.74, 6) is -1.06. The van der Waals surface area contributed by atoms with E-state index in [1.165, 1.54) is 5.56 Å². The van der Waals surface area contributed by atoms with Crippen LogP contribution in [0.25, 0.3) is 0 Å². The summed E-state index contributed by atoms with van der Waals surface area (Å²) < 4.78 is 0. The van der Waals surface area contributed by atoms with Gasteiger partial charge in [-0.25, -0.2) is 4.79 Å². The molecular formula is C23H24N2O4. The average molecular weight is 392 g/mol. The maximum absolute atomic E-state index is 13.2. The van der Waals surface area contributed by atoms with Crippen LogP contribution in [0.3, 0.4) is 0 Å². The van der Waals surface area contributed by atoms with Crippen LogP contribution in [0.1, 0.15) is 52.0 Å². The quantitative estimate of drug-likeness (QED) is 0.871. The van der Waals surface area contributed by atoms with Crippen molar-refractivity contribution in [1.82, 2.24) is 9.80 Å². The van der Waals surface area contributed by atoms with E-state index in [4.69, 9.17) is 0 Å². The molecule has 0 radical (unpaired) electrons. The van der Waals surface area contributed by atoms with Crippen LogP contribution in [0.15, 0.2) is 42.5 Å². The average Bonchev–Trinajstić information content (AvgIpc) is 2.72. The van der Waals surface area contributed by atoms with E-state index in [0.29, 0.717) is 31.6 Å². The Labute approximate surface area is 169 Å². The first-order chi connectivity index (χ1) is 14.0. The number of carbonyl (C=O) groups is 3. The number of rotatable bonds is 3. The fraction of sp³-hybridized carbons (Fsp3) is 0.348. The van der Waals surface area contributed by atoms with Gasteiger partial charge in [-0.2, -0.15) is 0 Å². The number of amides is 2. The van der Waals surface area contributed by atoms with E-state index in [-0.39, 0.29) is 29.8 Å². The van der Waals surface area contributed by atoms with Gasteiger partial charge >= 0.3 is 5.97 Å². The molecule has 2 aliphatic rings. The number of nitrogens with zero attached hydrogens (tertiary/aromatic N) is 2. The van der Waals surface area contributed by atoms with E-state index in [1.54, 1.807) is 28.9 Å². The highest BCUT2D eigenvalue weighted by molar-refractivity contribution is 5.90. The Morgan fingerprint density at radius 1 is 1.00 bits per heavy atom. The van der Waals surface area contributed by atoms with Crippen LogP contribution in [0, 0.1) is 0 Å². The summed E-state index contributed by atoms with van der Waals surface area (Å²) >= 11 is 0. The number of carboxylic acid groups (broad SMARTS) is 1. The smallest absolute Gasteiger partial charge is 0.336 e. The lowest BCUT2D eigenvalue weighted by molar-refractivity contribution is -0.137. The number of hydrogen-bond acceptors (Lipinski definition) is 3. The number of carbonyl (C=O) groups excluding carboxylic acids is 2. The lowest BCUT2D eigenvalue weighted by Gasteiger charge is -2.38. The number of aromatic carboxylic acids is 1. The van der Waals surface area contributed by atoms with E-state index in [0.717, 1.165) is 17.5 Å². The Bertz CT molecular complexity index is 985. The zero-order valence-corrected chi connectivity index (χ0v) is 16.4. The SMILES string of the molecule is CC(=O)N1CCc2ccccc2C1CC(=O)N1CCc2cccc(C(=O)O)c2C1. The van der Waals surface area contributed by atoms with E-state index in [2.05, 4.69) is 6.07 Å². The number of carboxylic acids is 1. The van der Waals surface area contributed by atoms with Crippen molar-refractivity contribution in [3.05, 3.63) is 70.3 Å². The van der Waals surface area contributed by atoms with Gasteiger partial charge in [0.15, 0.2) is 0 Å². The molecule has 1 N–H and O–H groups in total. The Hall–Kier alpha value is -3.15. The normalized spacial score (nSPS) is 18.0. The topological polar surface area (TPSA) is 77.9 Å². The summed E-state index contributed by atoms with van der Waals surface area (Å²) in [7, 11) is 0. The van der Waals surface area contributed by atoms with Gasteiger partial charge in [-0.05, 0) is 41.2 Å². The Morgan fingerprint density at radius 2 is 1.72 bits per heavy atom. The van der Waals surface area contributed by atoms with Crippen LogP contribution in [0.2, 0.25) is 0 Å². The molecule has 0 fully saturated rings. The summed E-state index contributed by atoms with van der Waals surface area (Å²) in [4.78, 5) is 40.5. The lowest BCUT2D eigenvalue weighted by atomic mass is 9.89. The molecular weight excluding hydrogens is 368 g/mol. The van der Waals surface area contributed by atoms with E-state index in [1.807, 2.05) is 24.3 Å². The number of benzene rings is 2. The molecule has 1 atom stereocenters. The van der Waals surface area contributed by atoms with Crippen LogP contribution in [-0.4, -0.2) is 45.8 Å². The molecule has 0 saturated carbocycles. The van der Waals surface area contributed by atoms with Gasteiger partial charge in [0.05, 0.1) is 18.0 Å². The van der Waals surface area contributed by atoms with Gasteiger partial charge in [0.2, 0.25) is 11.8 Å². The van der Waals surface area contributed by atoms with Crippen molar-refractivity contribution in [3.63, 3.8) is 0 Å². The minimum atomic E-state index is -0.972. The summed E-state index contributed by atoms with van der Waals surface area (Å²) in [6.07, 6.45) is 1.64. The maximum atomic E-state index is 13.2. The minimum Gasteiger partial charge on any atom is -0.478 e. The number of fused-ring (bicyclic) bond motifs is 2. The van der Waals surface area contributed by atoms with Crippen molar-refractivity contribution in [3.8, 4) is 0 Å². The summed E-state index contributed by atoms with van der Waals surface area (Å²) in [6.45, 7) is 3.01. The predicted octanol–water partition coefficient (Wildman–Crippen LogP) is 2.81. The summed E-state index contributed by atoms with van der Waals surface area (Å²) in [5, 5.41) is 9.48. The van der Waals surface area contributed by atoms with E-state index >= 15 is 0 Å². The molecule has 4 rings (SSSR count). The standard InChI is InChI=1S/C23H24N2O4/c1-15(26)25-12-10-16-5-2-3-7-18(16)21(25)13-22(27)24-11-9-17-6-4-8-19(23(28)29)20(17)14-24/h2-8,21H,9-14H2,1H3,(H,28,29). The van der Waals surface area contributed by atoms with Crippen molar-refractivity contribution in [2.75, 3.05) is 13.1 Å². The van der Waals surface area contributed by atoms with Gasteiger partial charge in [-0.3, -0.25) is 9.59 Å². The molecule has 6 nitrogen and oxygen atoms in total. The van der Waals surface area contributed by atoms with Gasteiger partial charge in [0.25, 0.3) is 0 Å². The maximum Gasteiger partial charge on any atom is 0.336 e. The van der Waals surface area contributed by atoms with Crippen LogP contribution in [-0.2, 0) is 29.0 Å². The highest BCUT2D eigenvalue weighted by atomic mass is 16.4. The fourth-order valence-corrected chi connectivity index (χ4v) is 4.54. The zero-order chi connectivity index (χ0) is 20.5. The molecule has 2 aliphatic heterocycles.